The lowest BCUT2D eigenvalue weighted by Gasteiger charge is -2.24. The minimum Gasteiger partial charge on any atom is -0.451 e. The number of para-hydroxylation sites is 3. The number of nitrogens with zero attached hydrogens (tertiary/aromatic N) is 1. The molecular formula is C22H20FNO. The predicted molar refractivity (Wildman–Crippen MR) is 102 cm³/mol. The highest BCUT2D eigenvalue weighted by molar-refractivity contribution is 6.09. The molecule has 25 heavy (non-hydrogen) atoms. The molecule has 0 aliphatic carbocycles. The standard InChI is InChI=1S/C22H20FNO/c1-14(2)15-8-4-5-12-19(15)24(3)20-13-7-10-17-16-9-6-11-18(23)21(16)25-22(17)20/h4-14H,1-3H3. The van der Waals surface area contributed by atoms with E-state index in [1.165, 1.54) is 11.6 Å². The zero-order chi connectivity index (χ0) is 17.6. The number of halogens is 1. The molecule has 3 aromatic carbocycles. The van der Waals surface area contributed by atoms with Crippen molar-refractivity contribution in [1.29, 1.82) is 0 Å². The molecule has 0 unspecified atom stereocenters. The number of benzene rings is 3. The molecular weight excluding hydrogens is 313 g/mol. The summed E-state index contributed by atoms with van der Waals surface area (Å²) < 4.78 is 20.1. The Kier molecular flexibility index (Phi) is 3.72. The summed E-state index contributed by atoms with van der Waals surface area (Å²) in [5.74, 6) is 0.0795. The Hall–Kier alpha value is -2.81. The van der Waals surface area contributed by atoms with Gasteiger partial charge in [-0.05, 0) is 29.7 Å². The molecule has 0 atom stereocenters. The van der Waals surface area contributed by atoms with Crippen molar-refractivity contribution in [3.05, 3.63) is 72.0 Å². The van der Waals surface area contributed by atoms with Gasteiger partial charge in [0.05, 0.1) is 5.69 Å². The third-order valence-electron chi connectivity index (χ3n) is 4.74. The molecule has 0 spiro atoms. The van der Waals surface area contributed by atoms with Gasteiger partial charge in [-0.25, -0.2) is 4.39 Å². The molecule has 0 saturated heterocycles. The Morgan fingerprint density at radius 3 is 2.20 bits per heavy atom. The van der Waals surface area contributed by atoms with Crippen LogP contribution in [0.5, 0.6) is 0 Å². The van der Waals surface area contributed by atoms with Gasteiger partial charge in [-0.2, -0.15) is 0 Å². The first-order valence-electron chi connectivity index (χ1n) is 8.50. The topological polar surface area (TPSA) is 16.4 Å². The van der Waals surface area contributed by atoms with Gasteiger partial charge in [0.25, 0.3) is 0 Å². The lowest BCUT2D eigenvalue weighted by Crippen LogP contribution is -2.12. The number of hydrogen-bond acceptors (Lipinski definition) is 2. The van der Waals surface area contributed by atoms with Crippen LogP contribution < -0.4 is 4.90 Å². The molecule has 0 N–H and O–H groups in total. The van der Waals surface area contributed by atoms with Crippen molar-refractivity contribution in [1.82, 2.24) is 0 Å². The zero-order valence-electron chi connectivity index (χ0n) is 14.6. The van der Waals surface area contributed by atoms with E-state index in [0.717, 1.165) is 22.1 Å². The van der Waals surface area contributed by atoms with Crippen LogP contribution in [-0.2, 0) is 0 Å². The van der Waals surface area contributed by atoms with E-state index in [4.69, 9.17) is 4.42 Å². The molecule has 0 aliphatic heterocycles. The van der Waals surface area contributed by atoms with E-state index < -0.39 is 0 Å². The van der Waals surface area contributed by atoms with Crippen molar-refractivity contribution in [2.24, 2.45) is 0 Å². The minimum absolute atomic E-state index is 0.315. The summed E-state index contributed by atoms with van der Waals surface area (Å²) in [6.45, 7) is 4.37. The van der Waals surface area contributed by atoms with Gasteiger partial charge in [0.15, 0.2) is 17.0 Å². The van der Waals surface area contributed by atoms with Crippen LogP contribution >= 0.6 is 0 Å². The van der Waals surface area contributed by atoms with Crippen molar-refractivity contribution < 1.29 is 8.81 Å². The first-order valence-corrected chi connectivity index (χ1v) is 8.50. The van der Waals surface area contributed by atoms with Gasteiger partial charge < -0.3 is 9.32 Å². The molecule has 126 valence electrons. The van der Waals surface area contributed by atoms with E-state index in [1.54, 1.807) is 6.07 Å². The molecule has 0 fully saturated rings. The molecule has 3 heteroatoms. The highest BCUT2D eigenvalue weighted by Gasteiger charge is 2.18. The average molecular weight is 333 g/mol. The summed E-state index contributed by atoms with van der Waals surface area (Å²) >= 11 is 0. The molecule has 0 amide bonds. The third kappa shape index (κ3) is 2.47. The van der Waals surface area contributed by atoms with E-state index in [2.05, 4.69) is 36.9 Å². The number of fused-ring (bicyclic) bond motifs is 3. The summed E-state index contributed by atoms with van der Waals surface area (Å²) in [5.41, 5.74) is 4.36. The second kappa shape index (κ2) is 5.92. The maximum absolute atomic E-state index is 14.1. The van der Waals surface area contributed by atoms with Crippen LogP contribution in [0.25, 0.3) is 21.9 Å². The van der Waals surface area contributed by atoms with E-state index >= 15 is 0 Å². The van der Waals surface area contributed by atoms with E-state index in [9.17, 15) is 4.39 Å². The lowest BCUT2D eigenvalue weighted by molar-refractivity contribution is 0.584. The Morgan fingerprint density at radius 2 is 1.44 bits per heavy atom. The van der Waals surface area contributed by atoms with Gasteiger partial charge in [-0.1, -0.05) is 56.3 Å². The van der Waals surface area contributed by atoms with Crippen LogP contribution in [-0.4, -0.2) is 7.05 Å². The highest BCUT2D eigenvalue weighted by Crippen LogP contribution is 2.39. The number of furan rings is 1. The third-order valence-corrected chi connectivity index (χ3v) is 4.74. The first-order chi connectivity index (χ1) is 12.1. The average Bonchev–Trinajstić information content (AvgIpc) is 3.01. The van der Waals surface area contributed by atoms with Crippen LogP contribution in [0.2, 0.25) is 0 Å². The van der Waals surface area contributed by atoms with Gasteiger partial charge >= 0.3 is 0 Å². The fourth-order valence-electron chi connectivity index (χ4n) is 3.45. The van der Waals surface area contributed by atoms with Crippen molar-refractivity contribution in [2.45, 2.75) is 19.8 Å². The Morgan fingerprint density at radius 1 is 0.800 bits per heavy atom. The van der Waals surface area contributed by atoms with Crippen molar-refractivity contribution in [2.75, 3.05) is 11.9 Å². The monoisotopic (exact) mass is 333 g/mol. The fraction of sp³-hybridized carbons (Fsp3) is 0.182. The molecule has 0 bridgehead atoms. The normalized spacial score (nSPS) is 11.6. The summed E-state index contributed by atoms with van der Waals surface area (Å²) in [4.78, 5) is 2.12. The lowest BCUT2D eigenvalue weighted by atomic mass is 10.00. The fourth-order valence-corrected chi connectivity index (χ4v) is 3.45. The Labute approximate surface area is 146 Å². The van der Waals surface area contributed by atoms with Crippen LogP contribution in [0.4, 0.5) is 15.8 Å². The number of rotatable bonds is 3. The largest absolute Gasteiger partial charge is 0.451 e. The van der Waals surface area contributed by atoms with Crippen molar-refractivity contribution in [3.8, 4) is 0 Å². The maximum Gasteiger partial charge on any atom is 0.171 e. The Balaban J connectivity index is 1.96. The summed E-state index contributed by atoms with van der Waals surface area (Å²) in [5, 5.41) is 1.74. The van der Waals surface area contributed by atoms with Gasteiger partial charge in [-0.3, -0.25) is 0 Å². The quantitative estimate of drug-likeness (QED) is 0.419. The SMILES string of the molecule is CC(C)c1ccccc1N(C)c1cccc2c1oc1c(F)cccc12. The van der Waals surface area contributed by atoms with Gasteiger partial charge in [0, 0.05) is 23.5 Å². The second-order valence-electron chi connectivity index (χ2n) is 6.64. The summed E-state index contributed by atoms with van der Waals surface area (Å²) in [7, 11) is 2.03. The van der Waals surface area contributed by atoms with Gasteiger partial charge in [-0.15, -0.1) is 0 Å². The van der Waals surface area contributed by atoms with Crippen LogP contribution in [0, 0.1) is 5.82 Å². The Bertz CT molecular complexity index is 1060. The molecule has 1 heterocycles. The number of hydrogen-bond donors (Lipinski definition) is 0. The zero-order valence-corrected chi connectivity index (χ0v) is 14.6. The van der Waals surface area contributed by atoms with E-state index in [0.29, 0.717) is 17.1 Å². The molecule has 1 aromatic heterocycles. The highest BCUT2D eigenvalue weighted by atomic mass is 19.1. The molecule has 2 nitrogen and oxygen atoms in total. The minimum atomic E-state index is -0.329. The van der Waals surface area contributed by atoms with E-state index in [-0.39, 0.29) is 5.82 Å². The molecule has 4 rings (SSSR count). The first kappa shape index (κ1) is 15.7. The van der Waals surface area contributed by atoms with Gasteiger partial charge in [0.1, 0.15) is 0 Å². The second-order valence-corrected chi connectivity index (χ2v) is 6.64. The van der Waals surface area contributed by atoms with Gasteiger partial charge in [0.2, 0.25) is 0 Å². The van der Waals surface area contributed by atoms with E-state index in [1.807, 2.05) is 37.4 Å². The van der Waals surface area contributed by atoms with Crippen LogP contribution in [0.1, 0.15) is 25.3 Å². The maximum atomic E-state index is 14.1. The summed E-state index contributed by atoms with van der Waals surface area (Å²) in [6, 6.07) is 19.4. The molecule has 4 aromatic rings. The van der Waals surface area contributed by atoms with Crippen molar-refractivity contribution in [3.63, 3.8) is 0 Å². The summed E-state index contributed by atoms with van der Waals surface area (Å²) in [6.07, 6.45) is 0. The van der Waals surface area contributed by atoms with Crippen LogP contribution in [0.15, 0.2) is 65.1 Å². The smallest absolute Gasteiger partial charge is 0.171 e. The molecule has 0 saturated carbocycles. The molecule has 0 aliphatic rings. The number of anilines is 2. The molecule has 0 radical (unpaired) electrons. The van der Waals surface area contributed by atoms with Crippen LogP contribution in [0.3, 0.4) is 0 Å². The van der Waals surface area contributed by atoms with Crippen molar-refractivity contribution >= 4 is 33.3 Å². The predicted octanol–water partition coefficient (Wildman–Crippen LogP) is 6.62.